The van der Waals surface area contributed by atoms with Gasteiger partial charge in [0, 0.05) is 0 Å². The Balaban J connectivity index is 2.08. The molecule has 0 spiro atoms. The lowest BCUT2D eigenvalue weighted by Gasteiger charge is -2.21. The van der Waals surface area contributed by atoms with Gasteiger partial charge in [-0.3, -0.25) is 0 Å². The maximum atomic E-state index is 3.06. The molecule has 1 fully saturated rings. The number of hydrogen-bond donors (Lipinski definition) is 0. The molecular formula is C12H14. The Bertz CT molecular complexity index is 219. The van der Waals surface area contributed by atoms with Crippen LogP contribution in [0.15, 0.2) is 24.3 Å². The second kappa shape index (κ2) is 3.75. The number of benzene rings is 1. The molecule has 1 aliphatic carbocycles. The van der Waals surface area contributed by atoms with Crippen LogP contribution in [0, 0.1) is 12.5 Å². The third kappa shape index (κ3) is 1.69. The van der Waals surface area contributed by atoms with Crippen LogP contribution in [0.3, 0.4) is 0 Å². The van der Waals surface area contributed by atoms with Gasteiger partial charge in [-0.15, -0.1) is 0 Å². The van der Waals surface area contributed by atoms with E-state index >= 15 is 0 Å². The smallest absolute Gasteiger partial charge is 0.0131 e. The van der Waals surface area contributed by atoms with Crippen molar-refractivity contribution in [3.05, 3.63) is 42.3 Å². The van der Waals surface area contributed by atoms with Gasteiger partial charge in [-0.25, -0.2) is 0 Å². The Morgan fingerprint density at radius 3 is 2.67 bits per heavy atom. The van der Waals surface area contributed by atoms with Crippen molar-refractivity contribution in [2.75, 3.05) is 0 Å². The zero-order valence-corrected chi connectivity index (χ0v) is 7.29. The molecule has 62 valence electrons. The molecule has 1 atom stereocenters. The third-order valence-electron chi connectivity index (χ3n) is 2.59. The van der Waals surface area contributed by atoms with Crippen molar-refractivity contribution < 1.29 is 0 Å². The Hall–Kier alpha value is -0.780. The number of rotatable bonds is 1. The fraction of sp³-hybridized carbons (Fsp3) is 0.417. The minimum absolute atomic E-state index is 0.716. The molecule has 0 amide bonds. The molecular weight excluding hydrogens is 144 g/mol. The van der Waals surface area contributed by atoms with Gasteiger partial charge in [0.05, 0.1) is 0 Å². The van der Waals surface area contributed by atoms with Gasteiger partial charge in [-0.2, -0.15) is 0 Å². The van der Waals surface area contributed by atoms with E-state index in [0.29, 0.717) is 5.92 Å². The fourth-order valence-corrected chi connectivity index (χ4v) is 1.90. The standard InChI is InChI=1S/C12H14/c1-3-7-11(8-4-1)12-9-5-2-6-10-12/h5-7,9-11H,1,3-4,8H2. The lowest BCUT2D eigenvalue weighted by Crippen LogP contribution is -2.04. The van der Waals surface area contributed by atoms with Crippen LogP contribution in [-0.4, -0.2) is 0 Å². The first kappa shape index (κ1) is 7.85. The van der Waals surface area contributed by atoms with Crippen molar-refractivity contribution in [3.8, 4) is 0 Å². The van der Waals surface area contributed by atoms with Crippen LogP contribution in [0.4, 0.5) is 0 Å². The molecule has 12 heavy (non-hydrogen) atoms. The average Bonchev–Trinajstić information content (AvgIpc) is 2.21. The van der Waals surface area contributed by atoms with Crippen LogP contribution in [0.1, 0.15) is 37.2 Å². The normalized spacial score (nSPS) is 19.3. The van der Waals surface area contributed by atoms with Crippen molar-refractivity contribution in [2.24, 2.45) is 0 Å². The first-order valence-electron chi connectivity index (χ1n) is 4.76. The summed E-state index contributed by atoms with van der Waals surface area (Å²) < 4.78 is 0. The molecule has 1 aliphatic rings. The summed E-state index contributed by atoms with van der Waals surface area (Å²) in [4.78, 5) is 0. The third-order valence-corrected chi connectivity index (χ3v) is 2.59. The van der Waals surface area contributed by atoms with Crippen LogP contribution in [0.25, 0.3) is 0 Å². The van der Waals surface area contributed by atoms with Gasteiger partial charge in [-0.1, -0.05) is 37.1 Å². The SMILES string of the molecule is [c]1ccc(C2[CH]CCCC2)cc1. The molecule has 0 heteroatoms. The van der Waals surface area contributed by atoms with Crippen LogP contribution < -0.4 is 0 Å². The van der Waals surface area contributed by atoms with E-state index in [0.717, 1.165) is 0 Å². The van der Waals surface area contributed by atoms with Gasteiger partial charge in [0.1, 0.15) is 0 Å². The minimum atomic E-state index is 0.716. The summed E-state index contributed by atoms with van der Waals surface area (Å²) in [7, 11) is 0. The van der Waals surface area contributed by atoms with Crippen molar-refractivity contribution in [3.63, 3.8) is 0 Å². The predicted molar refractivity (Wildman–Crippen MR) is 50.8 cm³/mol. The van der Waals surface area contributed by atoms with Crippen LogP contribution in [0.5, 0.6) is 0 Å². The van der Waals surface area contributed by atoms with E-state index in [2.05, 4.69) is 24.6 Å². The van der Waals surface area contributed by atoms with E-state index in [1.54, 1.807) is 0 Å². The molecule has 0 saturated heterocycles. The second-order valence-corrected chi connectivity index (χ2v) is 3.46. The van der Waals surface area contributed by atoms with Crippen LogP contribution in [-0.2, 0) is 0 Å². The summed E-state index contributed by atoms with van der Waals surface area (Å²) in [6.07, 6.45) is 7.86. The van der Waals surface area contributed by atoms with Gasteiger partial charge in [0.15, 0.2) is 0 Å². The van der Waals surface area contributed by atoms with Crippen molar-refractivity contribution in [1.29, 1.82) is 0 Å². The average molecular weight is 158 g/mol. The van der Waals surface area contributed by atoms with Crippen molar-refractivity contribution in [2.45, 2.75) is 31.6 Å². The van der Waals surface area contributed by atoms with Crippen molar-refractivity contribution >= 4 is 0 Å². The van der Waals surface area contributed by atoms with E-state index in [4.69, 9.17) is 0 Å². The highest BCUT2D eigenvalue weighted by atomic mass is 14.2. The highest BCUT2D eigenvalue weighted by Crippen LogP contribution is 2.31. The summed E-state index contributed by atoms with van der Waals surface area (Å²) in [5.41, 5.74) is 1.47. The van der Waals surface area contributed by atoms with E-state index < -0.39 is 0 Å². The lowest BCUT2D eigenvalue weighted by atomic mass is 9.84. The fourth-order valence-electron chi connectivity index (χ4n) is 1.90. The Kier molecular flexibility index (Phi) is 2.45. The van der Waals surface area contributed by atoms with Gasteiger partial charge < -0.3 is 0 Å². The summed E-state index contributed by atoms with van der Waals surface area (Å²) in [6.45, 7) is 0. The molecule has 0 nitrogen and oxygen atoms in total. The predicted octanol–water partition coefficient (Wildman–Crippen LogP) is 3.35. The van der Waals surface area contributed by atoms with E-state index in [1.165, 1.54) is 31.2 Å². The summed E-state index contributed by atoms with van der Waals surface area (Å²) in [5, 5.41) is 0. The monoisotopic (exact) mass is 158 g/mol. The van der Waals surface area contributed by atoms with Gasteiger partial charge in [-0.05, 0) is 36.8 Å². The molecule has 0 aromatic heterocycles. The molecule has 1 aromatic carbocycles. The highest BCUT2D eigenvalue weighted by Gasteiger charge is 2.14. The largest absolute Gasteiger partial charge is 0.0581 e. The van der Waals surface area contributed by atoms with E-state index in [1.807, 2.05) is 12.1 Å². The summed E-state index contributed by atoms with van der Waals surface area (Å²) in [6, 6.07) is 11.5. The highest BCUT2D eigenvalue weighted by molar-refractivity contribution is 5.22. The Labute approximate surface area is 74.6 Å². The maximum absolute atomic E-state index is 3.06. The van der Waals surface area contributed by atoms with Crippen molar-refractivity contribution in [1.82, 2.24) is 0 Å². The minimum Gasteiger partial charge on any atom is -0.0581 e. The molecule has 1 saturated carbocycles. The first-order valence-corrected chi connectivity index (χ1v) is 4.76. The topological polar surface area (TPSA) is 0 Å². The number of hydrogen-bond acceptors (Lipinski definition) is 0. The van der Waals surface area contributed by atoms with E-state index in [9.17, 15) is 0 Å². The summed E-state index contributed by atoms with van der Waals surface area (Å²) in [5.74, 6) is 0.716. The Morgan fingerprint density at radius 2 is 2.00 bits per heavy atom. The quantitative estimate of drug-likeness (QED) is 0.588. The van der Waals surface area contributed by atoms with Crippen LogP contribution in [0.2, 0.25) is 0 Å². The lowest BCUT2D eigenvalue weighted by molar-refractivity contribution is 0.534. The zero-order valence-electron chi connectivity index (χ0n) is 7.29. The molecule has 0 bridgehead atoms. The molecule has 1 aromatic rings. The molecule has 1 unspecified atom stereocenters. The Morgan fingerprint density at radius 1 is 1.17 bits per heavy atom. The van der Waals surface area contributed by atoms with Gasteiger partial charge in [0.25, 0.3) is 0 Å². The molecule has 0 aliphatic heterocycles. The van der Waals surface area contributed by atoms with Gasteiger partial charge in [0.2, 0.25) is 0 Å². The van der Waals surface area contributed by atoms with Gasteiger partial charge >= 0.3 is 0 Å². The maximum Gasteiger partial charge on any atom is -0.0131 e. The first-order chi connectivity index (χ1) is 5.97. The van der Waals surface area contributed by atoms with E-state index in [-0.39, 0.29) is 0 Å². The molecule has 0 heterocycles. The molecule has 0 N–H and O–H groups in total. The second-order valence-electron chi connectivity index (χ2n) is 3.46. The van der Waals surface area contributed by atoms with Crippen LogP contribution >= 0.6 is 0 Å². The zero-order chi connectivity index (χ0) is 8.23. The molecule has 2 radical (unpaired) electrons. The molecule has 2 rings (SSSR count). The summed E-state index contributed by atoms with van der Waals surface area (Å²) >= 11 is 0.